The molecule has 1 aromatic rings. The van der Waals surface area contributed by atoms with Crippen LogP contribution in [0, 0.1) is 11.8 Å². The van der Waals surface area contributed by atoms with Gasteiger partial charge in [0.1, 0.15) is 11.5 Å². The number of carbonyl (C=O) groups is 1. The summed E-state index contributed by atoms with van der Waals surface area (Å²) in [6.45, 7) is -0.0267. The molecule has 0 radical (unpaired) electrons. The summed E-state index contributed by atoms with van der Waals surface area (Å²) >= 11 is 0. The molecule has 21 heavy (non-hydrogen) atoms. The van der Waals surface area contributed by atoms with Crippen LogP contribution in [0.15, 0.2) is 18.2 Å². The number of sulfone groups is 1. The van der Waals surface area contributed by atoms with Gasteiger partial charge in [-0.3, -0.25) is 4.79 Å². The fourth-order valence-electron chi connectivity index (χ4n) is 1.53. The van der Waals surface area contributed by atoms with E-state index in [1.807, 2.05) is 0 Å². The number of methoxy groups -OCH3 is 1. The molecule has 6 nitrogen and oxygen atoms in total. The van der Waals surface area contributed by atoms with Crippen LogP contribution in [0.1, 0.15) is 12.0 Å². The molecule has 0 saturated heterocycles. The lowest BCUT2D eigenvalue weighted by Gasteiger charge is -2.10. The molecule has 114 valence electrons. The zero-order chi connectivity index (χ0) is 15.9. The number of aliphatic hydroxyl groups is 1. The van der Waals surface area contributed by atoms with Crippen molar-refractivity contribution in [3.63, 3.8) is 0 Å². The van der Waals surface area contributed by atoms with E-state index in [9.17, 15) is 13.2 Å². The molecule has 0 aromatic heterocycles. The number of nitrogens with one attached hydrogen (secondary N) is 1. The second-order valence-electron chi connectivity index (χ2n) is 4.31. The Balaban J connectivity index is 2.96. The van der Waals surface area contributed by atoms with E-state index in [-0.39, 0.29) is 6.61 Å². The summed E-state index contributed by atoms with van der Waals surface area (Å²) in [5, 5.41) is 11.2. The normalized spacial score (nSPS) is 10.4. The number of ether oxygens (including phenoxy) is 1. The highest BCUT2D eigenvalue weighted by Crippen LogP contribution is 2.25. The second kappa shape index (κ2) is 7.67. The molecular weight excluding hydrogens is 294 g/mol. The summed E-state index contributed by atoms with van der Waals surface area (Å²) in [5.74, 6) is 4.75. The molecule has 0 bridgehead atoms. The highest BCUT2D eigenvalue weighted by atomic mass is 32.2. The van der Waals surface area contributed by atoms with E-state index in [1.165, 1.54) is 7.11 Å². The van der Waals surface area contributed by atoms with Crippen LogP contribution in [0.2, 0.25) is 0 Å². The van der Waals surface area contributed by atoms with Crippen molar-refractivity contribution < 1.29 is 23.1 Å². The van der Waals surface area contributed by atoms with Gasteiger partial charge in [-0.25, -0.2) is 8.42 Å². The van der Waals surface area contributed by atoms with Crippen molar-refractivity contribution in [3.05, 3.63) is 23.8 Å². The molecule has 1 aromatic carbocycles. The monoisotopic (exact) mass is 311 g/mol. The maximum Gasteiger partial charge on any atom is 0.239 e. The first kappa shape index (κ1) is 17.0. The first-order valence-corrected chi connectivity index (χ1v) is 8.17. The molecule has 7 heteroatoms. The first-order chi connectivity index (χ1) is 9.85. The third-order valence-electron chi connectivity index (χ3n) is 2.34. The van der Waals surface area contributed by atoms with Gasteiger partial charge in [-0.05, 0) is 18.2 Å². The molecule has 0 unspecified atom stereocenters. The van der Waals surface area contributed by atoms with Crippen LogP contribution in [-0.4, -0.2) is 45.2 Å². The number of amides is 1. The third-order valence-corrected chi connectivity index (χ3v) is 3.12. The van der Waals surface area contributed by atoms with Crippen LogP contribution < -0.4 is 10.1 Å². The second-order valence-corrected chi connectivity index (χ2v) is 6.45. The Bertz CT molecular complexity index is 670. The molecule has 2 N–H and O–H groups in total. The smallest absolute Gasteiger partial charge is 0.239 e. The summed E-state index contributed by atoms with van der Waals surface area (Å²) in [5.41, 5.74) is 0.973. The molecule has 0 saturated carbocycles. The predicted molar refractivity (Wildman–Crippen MR) is 79.9 cm³/mol. The summed E-state index contributed by atoms with van der Waals surface area (Å²) in [4.78, 5) is 11.7. The van der Waals surface area contributed by atoms with Gasteiger partial charge in [0.2, 0.25) is 5.91 Å². The predicted octanol–water partition coefficient (Wildman–Crippen LogP) is 0.412. The lowest BCUT2D eigenvalue weighted by Crippen LogP contribution is -2.22. The molecule has 0 fully saturated rings. The quantitative estimate of drug-likeness (QED) is 0.769. The molecule has 0 aliphatic rings. The Morgan fingerprint density at radius 3 is 2.71 bits per heavy atom. The SMILES string of the molecule is COc1ccc(C#CCCO)cc1NC(=O)CS(C)(=O)=O. The van der Waals surface area contributed by atoms with Crippen molar-refractivity contribution in [3.8, 4) is 17.6 Å². The highest BCUT2D eigenvalue weighted by molar-refractivity contribution is 7.91. The van der Waals surface area contributed by atoms with E-state index in [0.29, 0.717) is 23.4 Å². The molecule has 0 atom stereocenters. The minimum atomic E-state index is -3.40. The van der Waals surface area contributed by atoms with E-state index in [4.69, 9.17) is 9.84 Å². The van der Waals surface area contributed by atoms with Gasteiger partial charge in [-0.15, -0.1) is 0 Å². The van der Waals surface area contributed by atoms with Crippen LogP contribution in [0.25, 0.3) is 0 Å². The Morgan fingerprint density at radius 2 is 2.14 bits per heavy atom. The van der Waals surface area contributed by atoms with E-state index in [2.05, 4.69) is 17.2 Å². The topological polar surface area (TPSA) is 92.7 Å². The van der Waals surface area contributed by atoms with Crippen LogP contribution in [0.4, 0.5) is 5.69 Å². The van der Waals surface area contributed by atoms with Crippen molar-refractivity contribution >= 4 is 21.4 Å². The van der Waals surface area contributed by atoms with Gasteiger partial charge < -0.3 is 15.2 Å². The fraction of sp³-hybridized carbons (Fsp3) is 0.357. The molecular formula is C14H17NO5S. The molecule has 0 aliphatic heterocycles. The van der Waals surface area contributed by atoms with Crippen LogP contribution in [-0.2, 0) is 14.6 Å². The van der Waals surface area contributed by atoms with Gasteiger partial charge in [0.05, 0.1) is 19.4 Å². The molecule has 0 heterocycles. The van der Waals surface area contributed by atoms with E-state index >= 15 is 0 Å². The van der Waals surface area contributed by atoms with Crippen molar-refractivity contribution in [2.75, 3.05) is 31.0 Å². The zero-order valence-electron chi connectivity index (χ0n) is 11.8. The van der Waals surface area contributed by atoms with Gasteiger partial charge in [-0.2, -0.15) is 0 Å². The highest BCUT2D eigenvalue weighted by Gasteiger charge is 2.13. The van der Waals surface area contributed by atoms with Crippen LogP contribution >= 0.6 is 0 Å². The lowest BCUT2D eigenvalue weighted by molar-refractivity contribution is -0.113. The number of hydrogen-bond donors (Lipinski definition) is 2. The number of rotatable bonds is 5. The number of aliphatic hydroxyl groups excluding tert-OH is 1. The average Bonchev–Trinajstić information content (AvgIpc) is 2.37. The Hall–Kier alpha value is -2.04. The minimum absolute atomic E-state index is 0.0267. The number of anilines is 1. The molecule has 1 amide bonds. The summed E-state index contributed by atoms with van der Waals surface area (Å²) in [7, 11) is -1.96. The Kier molecular flexibility index (Phi) is 6.21. The Labute approximate surface area is 124 Å². The number of carbonyl (C=O) groups excluding carboxylic acids is 1. The van der Waals surface area contributed by atoms with Crippen molar-refractivity contribution in [1.82, 2.24) is 0 Å². The standard InChI is InChI=1S/C14H17NO5S/c1-20-13-7-6-11(5-3-4-8-16)9-12(13)15-14(17)10-21(2,18)19/h6-7,9,16H,4,8,10H2,1-2H3,(H,15,17). The third kappa shape index (κ3) is 6.29. The largest absolute Gasteiger partial charge is 0.495 e. The summed E-state index contributed by atoms with van der Waals surface area (Å²) < 4.78 is 27.3. The van der Waals surface area contributed by atoms with Gasteiger partial charge in [0, 0.05) is 18.2 Å². The van der Waals surface area contributed by atoms with E-state index in [0.717, 1.165) is 6.26 Å². The zero-order valence-corrected chi connectivity index (χ0v) is 12.7. The lowest BCUT2D eigenvalue weighted by atomic mass is 10.2. The van der Waals surface area contributed by atoms with Gasteiger partial charge in [-0.1, -0.05) is 11.8 Å². The van der Waals surface area contributed by atoms with Crippen molar-refractivity contribution in [2.45, 2.75) is 6.42 Å². The van der Waals surface area contributed by atoms with E-state index in [1.54, 1.807) is 18.2 Å². The average molecular weight is 311 g/mol. The molecule has 1 rings (SSSR count). The van der Waals surface area contributed by atoms with Crippen molar-refractivity contribution in [2.24, 2.45) is 0 Å². The van der Waals surface area contributed by atoms with Crippen LogP contribution in [0.3, 0.4) is 0 Å². The number of benzene rings is 1. The van der Waals surface area contributed by atoms with Gasteiger partial charge in [0.15, 0.2) is 9.84 Å². The molecule has 0 spiro atoms. The van der Waals surface area contributed by atoms with Crippen molar-refractivity contribution in [1.29, 1.82) is 0 Å². The van der Waals surface area contributed by atoms with E-state index < -0.39 is 21.5 Å². The van der Waals surface area contributed by atoms with Crippen LogP contribution in [0.5, 0.6) is 5.75 Å². The summed E-state index contributed by atoms with van der Waals surface area (Å²) in [6, 6.07) is 4.91. The summed E-state index contributed by atoms with van der Waals surface area (Å²) in [6.07, 6.45) is 1.34. The maximum atomic E-state index is 11.7. The Morgan fingerprint density at radius 1 is 1.43 bits per heavy atom. The maximum absolute atomic E-state index is 11.7. The minimum Gasteiger partial charge on any atom is -0.495 e. The first-order valence-electron chi connectivity index (χ1n) is 6.11. The van der Waals surface area contributed by atoms with Gasteiger partial charge >= 0.3 is 0 Å². The fourth-order valence-corrected chi connectivity index (χ4v) is 2.08. The van der Waals surface area contributed by atoms with Gasteiger partial charge in [0.25, 0.3) is 0 Å². The molecule has 0 aliphatic carbocycles. The number of hydrogen-bond acceptors (Lipinski definition) is 5.